The monoisotopic (exact) mass is 356 g/mol. The highest BCUT2D eigenvalue weighted by atomic mass is 35.5. The van der Waals surface area contributed by atoms with Gasteiger partial charge in [0, 0.05) is 30.6 Å². The molecule has 4 nitrogen and oxygen atoms in total. The molecule has 1 aromatic carbocycles. The summed E-state index contributed by atoms with van der Waals surface area (Å²) in [6.45, 7) is 5.28. The maximum atomic E-state index is 12.5. The summed E-state index contributed by atoms with van der Waals surface area (Å²) in [5, 5.41) is 3.93. The highest BCUT2D eigenvalue weighted by molar-refractivity contribution is 6.36. The van der Waals surface area contributed by atoms with Crippen LogP contribution in [0, 0.1) is 5.92 Å². The number of amides is 2. The first-order valence-corrected chi connectivity index (χ1v) is 8.66. The number of likely N-dealkylation sites (tertiary alicyclic amines) is 1. The molecular formula is C17H22Cl2N2O2. The van der Waals surface area contributed by atoms with Crippen molar-refractivity contribution in [2.45, 2.75) is 39.2 Å². The van der Waals surface area contributed by atoms with Crippen molar-refractivity contribution in [1.82, 2.24) is 10.2 Å². The summed E-state index contributed by atoms with van der Waals surface area (Å²) in [5.41, 5.74) is 0.471. The summed E-state index contributed by atoms with van der Waals surface area (Å²) in [7, 11) is 0. The molecule has 1 aliphatic rings. The van der Waals surface area contributed by atoms with E-state index in [-0.39, 0.29) is 17.9 Å². The van der Waals surface area contributed by atoms with Crippen molar-refractivity contribution in [2.24, 2.45) is 5.92 Å². The standard InChI is InChI=1S/C17H22Cl2N2O2/c1-11(2)9-16(22)20-13-5-7-21(8-6-13)17(23)14-4-3-12(18)10-15(14)19/h3-4,10-11,13H,5-9H2,1-2H3,(H,20,22). The van der Waals surface area contributed by atoms with Crippen LogP contribution in [-0.2, 0) is 4.79 Å². The molecular weight excluding hydrogens is 335 g/mol. The second-order valence-corrected chi connectivity index (χ2v) is 7.20. The van der Waals surface area contributed by atoms with Crippen LogP contribution in [0.3, 0.4) is 0 Å². The third-order valence-corrected chi connectivity index (χ3v) is 4.45. The quantitative estimate of drug-likeness (QED) is 0.892. The van der Waals surface area contributed by atoms with Crippen molar-refractivity contribution >= 4 is 35.0 Å². The Morgan fingerprint density at radius 1 is 1.26 bits per heavy atom. The molecule has 1 saturated heterocycles. The lowest BCUT2D eigenvalue weighted by Gasteiger charge is -2.32. The second-order valence-electron chi connectivity index (χ2n) is 6.36. The Morgan fingerprint density at radius 3 is 2.48 bits per heavy atom. The fourth-order valence-electron chi connectivity index (χ4n) is 2.72. The first kappa shape index (κ1) is 18.1. The molecule has 0 aliphatic carbocycles. The number of nitrogens with one attached hydrogen (secondary N) is 1. The van der Waals surface area contributed by atoms with Gasteiger partial charge in [-0.25, -0.2) is 0 Å². The smallest absolute Gasteiger partial charge is 0.255 e. The maximum Gasteiger partial charge on any atom is 0.255 e. The first-order chi connectivity index (χ1) is 10.9. The van der Waals surface area contributed by atoms with Crippen LogP contribution in [0.2, 0.25) is 10.0 Å². The van der Waals surface area contributed by atoms with Gasteiger partial charge in [0.2, 0.25) is 5.91 Å². The predicted octanol–water partition coefficient (Wildman–Crippen LogP) is 3.76. The minimum atomic E-state index is -0.0846. The molecule has 1 N–H and O–H groups in total. The number of piperidine rings is 1. The van der Waals surface area contributed by atoms with Crippen LogP contribution in [0.25, 0.3) is 0 Å². The Hall–Kier alpha value is -1.26. The molecule has 0 spiro atoms. The summed E-state index contributed by atoms with van der Waals surface area (Å²) in [5.74, 6) is 0.354. The lowest BCUT2D eigenvalue weighted by Crippen LogP contribution is -2.46. The Kier molecular flexibility index (Phi) is 6.31. The lowest BCUT2D eigenvalue weighted by atomic mass is 10.0. The van der Waals surface area contributed by atoms with E-state index >= 15 is 0 Å². The van der Waals surface area contributed by atoms with Crippen molar-refractivity contribution in [3.05, 3.63) is 33.8 Å². The van der Waals surface area contributed by atoms with Crippen molar-refractivity contribution in [3.63, 3.8) is 0 Å². The maximum absolute atomic E-state index is 12.5. The van der Waals surface area contributed by atoms with Crippen LogP contribution < -0.4 is 5.32 Å². The SMILES string of the molecule is CC(C)CC(=O)NC1CCN(C(=O)c2ccc(Cl)cc2Cl)CC1. The van der Waals surface area contributed by atoms with Gasteiger partial charge in [0.1, 0.15) is 0 Å². The molecule has 1 aliphatic heterocycles. The van der Waals surface area contributed by atoms with Gasteiger partial charge in [-0.2, -0.15) is 0 Å². The zero-order valence-electron chi connectivity index (χ0n) is 13.4. The van der Waals surface area contributed by atoms with Gasteiger partial charge in [-0.1, -0.05) is 37.0 Å². The van der Waals surface area contributed by atoms with Crippen LogP contribution in [0.5, 0.6) is 0 Å². The number of carbonyl (C=O) groups is 2. The van der Waals surface area contributed by atoms with Crippen molar-refractivity contribution in [1.29, 1.82) is 0 Å². The van der Waals surface area contributed by atoms with E-state index in [2.05, 4.69) is 5.32 Å². The molecule has 2 rings (SSSR count). The molecule has 2 amide bonds. The zero-order valence-corrected chi connectivity index (χ0v) is 15.0. The number of benzene rings is 1. The molecule has 0 saturated carbocycles. The van der Waals surface area contributed by atoms with Crippen LogP contribution in [0.1, 0.15) is 43.5 Å². The molecule has 23 heavy (non-hydrogen) atoms. The third-order valence-electron chi connectivity index (χ3n) is 3.90. The number of hydrogen-bond donors (Lipinski definition) is 1. The summed E-state index contributed by atoms with van der Waals surface area (Å²) in [6, 6.07) is 5.05. The molecule has 1 aromatic rings. The van der Waals surface area contributed by atoms with Gasteiger partial charge in [-0.3, -0.25) is 9.59 Å². The molecule has 0 unspecified atom stereocenters. The van der Waals surface area contributed by atoms with Gasteiger partial charge in [-0.05, 0) is 37.0 Å². The third kappa shape index (κ3) is 5.11. The molecule has 1 heterocycles. The van der Waals surface area contributed by atoms with Crippen LogP contribution in [0.4, 0.5) is 0 Å². The van der Waals surface area contributed by atoms with Crippen molar-refractivity contribution < 1.29 is 9.59 Å². The van der Waals surface area contributed by atoms with Gasteiger partial charge < -0.3 is 10.2 Å². The average molecular weight is 357 g/mol. The summed E-state index contributed by atoms with van der Waals surface area (Å²) in [4.78, 5) is 26.1. The van der Waals surface area contributed by atoms with E-state index in [0.717, 1.165) is 12.8 Å². The van der Waals surface area contributed by atoms with Gasteiger partial charge in [0.25, 0.3) is 5.91 Å². The minimum Gasteiger partial charge on any atom is -0.353 e. The topological polar surface area (TPSA) is 49.4 Å². The Labute approximate surface area is 147 Å². The number of rotatable bonds is 4. The molecule has 0 aromatic heterocycles. The average Bonchev–Trinajstić information content (AvgIpc) is 2.46. The zero-order chi connectivity index (χ0) is 17.0. The number of halogens is 2. The van der Waals surface area contributed by atoms with E-state index in [9.17, 15) is 9.59 Å². The Balaban J connectivity index is 1.89. The van der Waals surface area contributed by atoms with E-state index in [4.69, 9.17) is 23.2 Å². The second kappa shape index (κ2) is 8.02. The summed E-state index contributed by atoms with van der Waals surface area (Å²) < 4.78 is 0. The molecule has 126 valence electrons. The van der Waals surface area contributed by atoms with Crippen molar-refractivity contribution in [2.75, 3.05) is 13.1 Å². The van der Waals surface area contributed by atoms with E-state index in [1.165, 1.54) is 0 Å². The van der Waals surface area contributed by atoms with Crippen molar-refractivity contribution in [3.8, 4) is 0 Å². The van der Waals surface area contributed by atoms with Crippen LogP contribution in [-0.4, -0.2) is 35.8 Å². The number of hydrogen-bond acceptors (Lipinski definition) is 2. The highest BCUT2D eigenvalue weighted by Gasteiger charge is 2.25. The Morgan fingerprint density at radius 2 is 1.91 bits per heavy atom. The number of carbonyl (C=O) groups excluding carboxylic acids is 2. The summed E-state index contributed by atoms with van der Waals surface area (Å²) >= 11 is 12.0. The van der Waals surface area contributed by atoms with Crippen LogP contribution in [0.15, 0.2) is 18.2 Å². The van der Waals surface area contributed by atoms with Gasteiger partial charge in [0.05, 0.1) is 10.6 Å². The van der Waals surface area contributed by atoms with Gasteiger partial charge >= 0.3 is 0 Å². The number of nitrogens with zero attached hydrogens (tertiary/aromatic N) is 1. The highest BCUT2D eigenvalue weighted by Crippen LogP contribution is 2.23. The fraction of sp³-hybridized carbons (Fsp3) is 0.529. The van der Waals surface area contributed by atoms with E-state index in [0.29, 0.717) is 41.0 Å². The summed E-state index contributed by atoms with van der Waals surface area (Å²) in [6.07, 6.45) is 2.07. The normalized spacial score (nSPS) is 15.8. The molecule has 0 radical (unpaired) electrons. The van der Waals surface area contributed by atoms with E-state index in [1.54, 1.807) is 23.1 Å². The minimum absolute atomic E-state index is 0.0846. The molecule has 0 bridgehead atoms. The van der Waals surface area contributed by atoms with E-state index in [1.807, 2.05) is 13.8 Å². The Bertz CT molecular complexity index is 582. The van der Waals surface area contributed by atoms with E-state index < -0.39 is 0 Å². The first-order valence-electron chi connectivity index (χ1n) is 7.90. The van der Waals surface area contributed by atoms with Gasteiger partial charge in [0.15, 0.2) is 0 Å². The predicted molar refractivity (Wildman–Crippen MR) is 93.0 cm³/mol. The fourth-order valence-corrected chi connectivity index (χ4v) is 3.21. The molecule has 6 heteroatoms. The lowest BCUT2D eigenvalue weighted by molar-refractivity contribution is -0.122. The van der Waals surface area contributed by atoms with Gasteiger partial charge in [-0.15, -0.1) is 0 Å². The largest absolute Gasteiger partial charge is 0.353 e. The molecule has 0 atom stereocenters. The van der Waals surface area contributed by atoms with Crippen LogP contribution >= 0.6 is 23.2 Å². The molecule has 1 fully saturated rings.